The molecular formula is C12H25N3O2S2. The van der Waals surface area contributed by atoms with E-state index in [4.69, 9.17) is 0 Å². The van der Waals surface area contributed by atoms with Crippen LogP contribution >= 0.6 is 11.8 Å². The van der Waals surface area contributed by atoms with Gasteiger partial charge in [0.15, 0.2) is 0 Å². The Balaban J connectivity index is 1.60. The van der Waals surface area contributed by atoms with E-state index < -0.39 is 10.0 Å². The van der Waals surface area contributed by atoms with Crippen LogP contribution in [-0.2, 0) is 10.0 Å². The average Bonchev–Trinajstić information content (AvgIpc) is 2.39. The van der Waals surface area contributed by atoms with Gasteiger partial charge in [0.05, 0.1) is 6.26 Å². The van der Waals surface area contributed by atoms with Gasteiger partial charge in [-0.05, 0) is 25.9 Å². The summed E-state index contributed by atoms with van der Waals surface area (Å²) in [5, 5.41) is 4.21. The molecule has 19 heavy (non-hydrogen) atoms. The summed E-state index contributed by atoms with van der Waals surface area (Å²) in [5.74, 6) is 1.17. The van der Waals surface area contributed by atoms with Crippen LogP contribution < -0.4 is 5.32 Å². The van der Waals surface area contributed by atoms with E-state index in [9.17, 15) is 8.42 Å². The summed E-state index contributed by atoms with van der Waals surface area (Å²) in [4.78, 5) is 2.38. The Morgan fingerprint density at radius 1 is 1.16 bits per heavy atom. The van der Waals surface area contributed by atoms with E-state index in [2.05, 4.69) is 22.0 Å². The Hall–Kier alpha value is 0.180. The maximum Gasteiger partial charge on any atom is 0.211 e. The lowest BCUT2D eigenvalue weighted by Gasteiger charge is -2.33. The van der Waals surface area contributed by atoms with Gasteiger partial charge < -0.3 is 5.32 Å². The van der Waals surface area contributed by atoms with Gasteiger partial charge in [0.1, 0.15) is 0 Å². The molecule has 0 saturated carbocycles. The molecule has 1 N–H and O–H groups in total. The monoisotopic (exact) mass is 307 g/mol. The van der Waals surface area contributed by atoms with Crippen LogP contribution in [0.4, 0.5) is 0 Å². The van der Waals surface area contributed by atoms with Crippen molar-refractivity contribution in [2.24, 2.45) is 0 Å². The average molecular weight is 307 g/mol. The zero-order valence-corrected chi connectivity index (χ0v) is 13.3. The zero-order valence-electron chi connectivity index (χ0n) is 11.7. The van der Waals surface area contributed by atoms with Crippen LogP contribution in [-0.4, -0.2) is 80.7 Å². The van der Waals surface area contributed by atoms with Crippen LogP contribution in [0.3, 0.4) is 0 Å². The quantitative estimate of drug-likeness (QED) is 0.778. The number of piperazine rings is 1. The first kappa shape index (κ1) is 15.6. The van der Waals surface area contributed by atoms with Crippen molar-refractivity contribution in [2.45, 2.75) is 18.1 Å². The first-order valence-electron chi connectivity index (χ1n) is 7.05. The third-order valence-electron chi connectivity index (χ3n) is 3.85. The molecule has 2 rings (SSSR count). The van der Waals surface area contributed by atoms with Gasteiger partial charge in [0.25, 0.3) is 0 Å². The molecule has 0 bridgehead atoms. The lowest BCUT2D eigenvalue weighted by atomic mass is 10.2. The molecule has 0 spiro atoms. The minimum atomic E-state index is -2.99. The molecule has 5 nitrogen and oxygen atoms in total. The zero-order chi connectivity index (χ0) is 13.7. The lowest BCUT2D eigenvalue weighted by molar-refractivity contribution is 0.198. The number of piperidine rings is 1. The molecule has 0 amide bonds. The largest absolute Gasteiger partial charge is 0.317 e. The third kappa shape index (κ3) is 5.23. The van der Waals surface area contributed by atoms with E-state index in [1.54, 1.807) is 4.31 Å². The highest BCUT2D eigenvalue weighted by atomic mass is 32.2. The van der Waals surface area contributed by atoms with Crippen LogP contribution in [0, 0.1) is 0 Å². The number of hydrogen-bond acceptors (Lipinski definition) is 5. The Labute approximate surface area is 121 Å². The van der Waals surface area contributed by atoms with Crippen LogP contribution in [0.2, 0.25) is 0 Å². The van der Waals surface area contributed by atoms with Crippen LogP contribution in [0.1, 0.15) is 12.8 Å². The SMILES string of the molecule is CS(=O)(=O)N1CCN(CCSC2CCNCC2)CC1. The van der Waals surface area contributed by atoms with Crippen molar-refractivity contribution in [2.75, 3.05) is 57.8 Å². The van der Waals surface area contributed by atoms with Crippen LogP contribution in [0.25, 0.3) is 0 Å². The number of rotatable bonds is 5. The highest BCUT2D eigenvalue weighted by molar-refractivity contribution is 7.99. The fourth-order valence-electron chi connectivity index (χ4n) is 2.60. The fraction of sp³-hybridized carbons (Fsp3) is 1.00. The predicted octanol–water partition coefficient (Wildman–Crippen LogP) is 0.0488. The highest BCUT2D eigenvalue weighted by Crippen LogP contribution is 2.20. The predicted molar refractivity (Wildman–Crippen MR) is 81.2 cm³/mol. The van der Waals surface area contributed by atoms with E-state index in [1.165, 1.54) is 24.9 Å². The third-order valence-corrected chi connectivity index (χ3v) is 6.51. The molecule has 2 aliphatic heterocycles. The fourth-order valence-corrected chi connectivity index (χ4v) is 4.69. The van der Waals surface area contributed by atoms with Crippen molar-refractivity contribution in [1.29, 1.82) is 0 Å². The van der Waals surface area contributed by atoms with Crippen molar-refractivity contribution in [1.82, 2.24) is 14.5 Å². The first-order chi connectivity index (χ1) is 9.05. The van der Waals surface area contributed by atoms with Gasteiger partial charge in [-0.25, -0.2) is 8.42 Å². The first-order valence-corrected chi connectivity index (χ1v) is 9.95. The molecule has 2 heterocycles. The minimum Gasteiger partial charge on any atom is -0.317 e. The molecule has 0 aromatic rings. The molecular weight excluding hydrogens is 282 g/mol. The second-order valence-electron chi connectivity index (χ2n) is 5.32. The summed E-state index contributed by atoms with van der Waals surface area (Å²) in [6.45, 7) is 6.45. The number of nitrogens with one attached hydrogen (secondary N) is 1. The van der Waals surface area contributed by atoms with Gasteiger partial charge in [-0.3, -0.25) is 4.90 Å². The molecule has 0 radical (unpaired) electrons. The summed E-state index contributed by atoms with van der Waals surface area (Å²) in [5.41, 5.74) is 0. The molecule has 0 atom stereocenters. The van der Waals surface area contributed by atoms with E-state index in [0.29, 0.717) is 13.1 Å². The van der Waals surface area contributed by atoms with Crippen molar-refractivity contribution >= 4 is 21.8 Å². The smallest absolute Gasteiger partial charge is 0.211 e. The summed E-state index contributed by atoms with van der Waals surface area (Å²) in [7, 11) is -2.99. The molecule has 2 saturated heterocycles. The number of hydrogen-bond donors (Lipinski definition) is 1. The van der Waals surface area contributed by atoms with Crippen molar-refractivity contribution in [3.05, 3.63) is 0 Å². The molecule has 112 valence electrons. The maximum absolute atomic E-state index is 11.4. The van der Waals surface area contributed by atoms with Gasteiger partial charge >= 0.3 is 0 Å². The Morgan fingerprint density at radius 3 is 2.37 bits per heavy atom. The molecule has 0 aromatic carbocycles. The second kappa shape index (κ2) is 7.26. The number of nitrogens with zero attached hydrogens (tertiary/aromatic N) is 2. The standard InChI is InChI=1S/C12H25N3O2S2/c1-19(16,17)15-8-6-14(7-9-15)10-11-18-12-2-4-13-5-3-12/h12-13H,2-11H2,1H3. The van der Waals surface area contributed by atoms with Crippen LogP contribution in [0.5, 0.6) is 0 Å². The highest BCUT2D eigenvalue weighted by Gasteiger charge is 2.23. The Morgan fingerprint density at radius 2 is 1.79 bits per heavy atom. The second-order valence-corrected chi connectivity index (χ2v) is 8.71. The van der Waals surface area contributed by atoms with Gasteiger partial charge in [0.2, 0.25) is 10.0 Å². The van der Waals surface area contributed by atoms with E-state index in [0.717, 1.165) is 38.0 Å². The molecule has 0 aromatic heterocycles. The van der Waals surface area contributed by atoms with Gasteiger partial charge in [-0.2, -0.15) is 16.1 Å². The maximum atomic E-state index is 11.4. The number of thioether (sulfide) groups is 1. The summed E-state index contributed by atoms with van der Waals surface area (Å²) >= 11 is 2.08. The molecule has 0 aliphatic carbocycles. The number of sulfonamides is 1. The Kier molecular flexibility index (Phi) is 5.95. The van der Waals surface area contributed by atoms with Gasteiger partial charge in [0, 0.05) is 43.7 Å². The van der Waals surface area contributed by atoms with E-state index in [1.807, 2.05) is 0 Å². The van der Waals surface area contributed by atoms with E-state index >= 15 is 0 Å². The Bertz CT molecular complexity index is 361. The summed E-state index contributed by atoms with van der Waals surface area (Å²) in [6.07, 6.45) is 3.87. The van der Waals surface area contributed by atoms with E-state index in [-0.39, 0.29) is 0 Å². The topological polar surface area (TPSA) is 52.7 Å². The van der Waals surface area contributed by atoms with Gasteiger partial charge in [-0.15, -0.1) is 0 Å². The molecule has 7 heteroatoms. The molecule has 2 aliphatic rings. The molecule has 0 unspecified atom stereocenters. The van der Waals surface area contributed by atoms with Crippen molar-refractivity contribution < 1.29 is 8.42 Å². The summed E-state index contributed by atoms with van der Waals surface area (Å²) in [6, 6.07) is 0. The lowest BCUT2D eigenvalue weighted by Crippen LogP contribution is -2.48. The molecule has 2 fully saturated rings. The van der Waals surface area contributed by atoms with Crippen LogP contribution in [0.15, 0.2) is 0 Å². The van der Waals surface area contributed by atoms with Crippen molar-refractivity contribution in [3.63, 3.8) is 0 Å². The minimum absolute atomic E-state index is 0.650. The summed E-state index contributed by atoms with van der Waals surface area (Å²) < 4.78 is 24.4. The van der Waals surface area contributed by atoms with Crippen molar-refractivity contribution in [3.8, 4) is 0 Å². The normalized spacial score (nSPS) is 24.7. The van der Waals surface area contributed by atoms with Gasteiger partial charge in [-0.1, -0.05) is 0 Å².